The lowest BCUT2D eigenvalue weighted by Gasteiger charge is -2.43. The molecule has 1 N–H and O–H groups in total. The van der Waals surface area contributed by atoms with Crippen molar-refractivity contribution in [3.63, 3.8) is 0 Å². The van der Waals surface area contributed by atoms with Gasteiger partial charge in [-0.05, 0) is 21.0 Å². The maximum atomic E-state index is 12.1. The zero-order chi connectivity index (χ0) is 24.0. The molecule has 1 heterocycles. The van der Waals surface area contributed by atoms with Crippen molar-refractivity contribution in [3.8, 4) is 0 Å². The first-order chi connectivity index (χ1) is 16.4. The van der Waals surface area contributed by atoms with Crippen LogP contribution >= 0.6 is 0 Å². The molecule has 3 aromatic carbocycles. The number of carbonyl (C=O) groups excluding carboxylic acids is 1. The molecule has 0 aliphatic carbocycles. The molecule has 5 heteroatoms. The molecule has 34 heavy (non-hydrogen) atoms. The summed E-state index contributed by atoms with van der Waals surface area (Å²) in [5, 5.41) is 5.36. The van der Waals surface area contributed by atoms with Crippen LogP contribution in [0.25, 0.3) is 0 Å². The predicted molar refractivity (Wildman–Crippen MR) is 140 cm³/mol. The normalized spacial score (nSPS) is 18.5. The maximum absolute atomic E-state index is 12.1. The Balaban J connectivity index is 1.48. The second kappa shape index (κ2) is 10.5. The highest BCUT2D eigenvalue weighted by molar-refractivity contribution is 6.99. The van der Waals surface area contributed by atoms with Gasteiger partial charge in [-0.2, -0.15) is 0 Å². The SMILES string of the molecule is CC(C)(C)[Si](OC/C=C/[C@@H]1NC(=O)[C@@H]1OCc1ccccc1)(c1ccccc1)c1ccccc1. The zero-order valence-corrected chi connectivity index (χ0v) is 21.1. The van der Waals surface area contributed by atoms with Gasteiger partial charge in [-0.3, -0.25) is 4.79 Å². The van der Waals surface area contributed by atoms with Gasteiger partial charge < -0.3 is 14.5 Å². The second-order valence-electron chi connectivity index (χ2n) is 9.65. The van der Waals surface area contributed by atoms with Crippen molar-refractivity contribution < 1.29 is 14.0 Å². The van der Waals surface area contributed by atoms with Gasteiger partial charge in [0.15, 0.2) is 6.10 Å². The summed E-state index contributed by atoms with van der Waals surface area (Å²) in [6.45, 7) is 7.68. The van der Waals surface area contributed by atoms with Crippen molar-refractivity contribution in [1.29, 1.82) is 0 Å². The molecule has 4 rings (SSSR count). The number of amides is 1. The molecule has 176 valence electrons. The average molecular weight is 472 g/mol. The highest BCUT2D eigenvalue weighted by Gasteiger charge is 2.50. The van der Waals surface area contributed by atoms with Crippen LogP contribution in [-0.2, 0) is 20.6 Å². The highest BCUT2D eigenvalue weighted by Crippen LogP contribution is 2.36. The molecule has 1 saturated heterocycles. The third kappa shape index (κ3) is 5.07. The summed E-state index contributed by atoms with van der Waals surface area (Å²) < 4.78 is 12.8. The van der Waals surface area contributed by atoms with Crippen molar-refractivity contribution in [2.75, 3.05) is 6.61 Å². The van der Waals surface area contributed by atoms with Gasteiger partial charge in [0.25, 0.3) is 14.2 Å². The van der Waals surface area contributed by atoms with E-state index >= 15 is 0 Å². The Kier molecular flexibility index (Phi) is 7.46. The van der Waals surface area contributed by atoms with Crippen LogP contribution in [0, 0.1) is 0 Å². The zero-order valence-electron chi connectivity index (χ0n) is 20.1. The molecule has 1 aliphatic heterocycles. The van der Waals surface area contributed by atoms with Crippen LogP contribution in [0.4, 0.5) is 0 Å². The van der Waals surface area contributed by atoms with Gasteiger partial charge >= 0.3 is 0 Å². The van der Waals surface area contributed by atoms with Crippen LogP contribution in [0.3, 0.4) is 0 Å². The lowest BCUT2D eigenvalue weighted by atomic mass is 10.0. The fraction of sp³-hybridized carbons (Fsp3) is 0.276. The smallest absolute Gasteiger partial charge is 0.261 e. The first kappa shape index (κ1) is 24.1. The Morgan fingerprint density at radius 3 is 1.88 bits per heavy atom. The van der Waals surface area contributed by atoms with Crippen molar-refractivity contribution in [3.05, 3.63) is 109 Å². The Morgan fingerprint density at radius 2 is 1.38 bits per heavy atom. The number of hydrogen-bond donors (Lipinski definition) is 1. The largest absolute Gasteiger partial charge is 0.404 e. The average Bonchev–Trinajstić information content (AvgIpc) is 2.84. The molecule has 0 bridgehead atoms. The lowest BCUT2D eigenvalue weighted by Crippen LogP contribution is -2.66. The van der Waals surface area contributed by atoms with Gasteiger partial charge in [-0.25, -0.2) is 0 Å². The predicted octanol–water partition coefficient (Wildman–Crippen LogP) is 4.20. The lowest BCUT2D eigenvalue weighted by molar-refractivity contribution is -0.146. The summed E-state index contributed by atoms with van der Waals surface area (Å²) in [4.78, 5) is 12.1. The van der Waals surface area contributed by atoms with E-state index < -0.39 is 14.4 Å². The Bertz CT molecular complexity index is 1050. The number of β-lactam (4-membered cyclic amide) rings is 1. The van der Waals surface area contributed by atoms with E-state index in [2.05, 4.69) is 74.6 Å². The van der Waals surface area contributed by atoms with E-state index in [1.807, 2.05) is 54.6 Å². The van der Waals surface area contributed by atoms with E-state index in [0.29, 0.717) is 13.2 Å². The molecular weight excluding hydrogens is 438 g/mol. The van der Waals surface area contributed by atoms with Crippen LogP contribution in [0.1, 0.15) is 26.3 Å². The molecule has 1 aliphatic rings. The minimum atomic E-state index is -2.57. The molecule has 2 atom stereocenters. The van der Waals surface area contributed by atoms with E-state index in [-0.39, 0.29) is 17.0 Å². The maximum Gasteiger partial charge on any atom is 0.261 e. The molecule has 0 saturated carbocycles. The Hall–Kier alpha value is -2.99. The van der Waals surface area contributed by atoms with Crippen molar-refractivity contribution >= 4 is 24.6 Å². The van der Waals surface area contributed by atoms with Gasteiger partial charge in [-0.1, -0.05) is 124 Å². The van der Waals surface area contributed by atoms with Gasteiger partial charge in [-0.15, -0.1) is 0 Å². The highest BCUT2D eigenvalue weighted by atomic mass is 28.4. The number of hydrogen-bond acceptors (Lipinski definition) is 3. The molecule has 1 fully saturated rings. The fourth-order valence-corrected chi connectivity index (χ4v) is 9.12. The van der Waals surface area contributed by atoms with Gasteiger partial charge in [0, 0.05) is 0 Å². The number of rotatable bonds is 9. The summed E-state index contributed by atoms with van der Waals surface area (Å²) in [6.07, 6.45) is 3.54. The van der Waals surface area contributed by atoms with Gasteiger partial charge in [0.05, 0.1) is 19.3 Å². The molecule has 0 spiro atoms. The van der Waals surface area contributed by atoms with Crippen LogP contribution in [-0.4, -0.2) is 33.0 Å². The quantitative estimate of drug-likeness (QED) is 0.289. The van der Waals surface area contributed by atoms with E-state index in [9.17, 15) is 4.79 Å². The second-order valence-corrected chi connectivity index (χ2v) is 14.0. The number of nitrogens with one attached hydrogen (secondary N) is 1. The van der Waals surface area contributed by atoms with Gasteiger partial charge in [0.1, 0.15) is 0 Å². The minimum Gasteiger partial charge on any atom is -0.404 e. The van der Waals surface area contributed by atoms with Crippen LogP contribution < -0.4 is 15.7 Å². The molecule has 1 amide bonds. The number of ether oxygens (including phenoxy) is 1. The first-order valence-corrected chi connectivity index (χ1v) is 13.7. The van der Waals surface area contributed by atoms with E-state index in [1.165, 1.54) is 10.4 Å². The summed E-state index contributed by atoms with van der Waals surface area (Å²) in [7, 11) is -2.57. The van der Waals surface area contributed by atoms with Crippen molar-refractivity contribution in [2.24, 2.45) is 0 Å². The first-order valence-electron chi connectivity index (χ1n) is 11.8. The molecule has 0 radical (unpaired) electrons. The summed E-state index contributed by atoms with van der Waals surface area (Å²) in [5.74, 6) is -0.0708. The molecule has 4 nitrogen and oxygen atoms in total. The minimum absolute atomic E-state index is 0.0708. The van der Waals surface area contributed by atoms with Crippen molar-refractivity contribution in [1.82, 2.24) is 5.32 Å². The van der Waals surface area contributed by atoms with E-state index in [1.54, 1.807) is 0 Å². The summed E-state index contributed by atoms with van der Waals surface area (Å²) in [5.41, 5.74) is 1.06. The fourth-order valence-electron chi connectivity index (χ4n) is 4.61. The van der Waals surface area contributed by atoms with Crippen LogP contribution in [0.2, 0.25) is 5.04 Å². The van der Waals surface area contributed by atoms with Crippen LogP contribution in [0.5, 0.6) is 0 Å². The summed E-state index contributed by atoms with van der Waals surface area (Å²) in [6, 6.07) is 31.0. The van der Waals surface area contributed by atoms with E-state index in [4.69, 9.17) is 9.16 Å². The number of carbonyl (C=O) groups is 1. The standard InChI is InChI=1S/C29H33NO3Si/c1-29(2,3)34(24-16-9-5-10-17-24,25-18-11-6-12-19-25)33-21-13-20-26-27(28(31)30-26)32-22-23-14-7-4-8-15-23/h4-20,26-27H,21-22H2,1-3H3,(H,30,31)/b20-13+/t26-,27+/m0/s1. The molecule has 3 aromatic rings. The molecule has 0 aromatic heterocycles. The Labute approximate surface area is 203 Å². The topological polar surface area (TPSA) is 47.6 Å². The third-order valence-electron chi connectivity index (χ3n) is 6.32. The van der Waals surface area contributed by atoms with Crippen LogP contribution in [0.15, 0.2) is 103 Å². The van der Waals surface area contributed by atoms with Gasteiger partial charge in [0.2, 0.25) is 0 Å². The Morgan fingerprint density at radius 1 is 0.853 bits per heavy atom. The van der Waals surface area contributed by atoms with Crippen molar-refractivity contribution in [2.45, 2.75) is 44.6 Å². The summed E-state index contributed by atoms with van der Waals surface area (Å²) >= 11 is 0. The number of benzene rings is 3. The monoisotopic (exact) mass is 471 g/mol. The molecular formula is C29H33NO3Si. The van der Waals surface area contributed by atoms with E-state index in [0.717, 1.165) is 5.56 Å². The third-order valence-corrected chi connectivity index (χ3v) is 11.3. The molecule has 0 unspecified atom stereocenters.